The molecule has 0 saturated carbocycles. The number of nitrogen functional groups attached to an aromatic ring is 1. The number of nitrogens with zero attached hydrogens (tertiary/aromatic N) is 2. The number of amides is 1. The van der Waals surface area contributed by atoms with E-state index in [9.17, 15) is 9.59 Å². The fourth-order valence-electron chi connectivity index (χ4n) is 2.12. The summed E-state index contributed by atoms with van der Waals surface area (Å²) in [5.41, 5.74) is 7.24. The third-order valence-corrected chi connectivity index (χ3v) is 3.90. The van der Waals surface area contributed by atoms with Gasteiger partial charge in [-0.3, -0.25) is 9.59 Å². The predicted octanol–water partition coefficient (Wildman–Crippen LogP) is 0.717. The molecule has 2 rings (SSSR count). The second-order valence-corrected chi connectivity index (χ2v) is 5.91. The van der Waals surface area contributed by atoms with E-state index in [1.165, 1.54) is 11.3 Å². The summed E-state index contributed by atoms with van der Waals surface area (Å²) in [5.74, 6) is 0.367. The molecule has 2 heterocycles. The number of aromatic nitrogens is 3. The van der Waals surface area contributed by atoms with E-state index in [-0.39, 0.29) is 17.9 Å². The van der Waals surface area contributed by atoms with Crippen LogP contribution in [0.5, 0.6) is 0 Å². The Morgan fingerprint density at radius 2 is 2.18 bits per heavy atom. The van der Waals surface area contributed by atoms with Gasteiger partial charge >= 0.3 is 0 Å². The molecule has 22 heavy (non-hydrogen) atoms. The maximum absolute atomic E-state index is 11.9. The molecule has 2 aromatic heterocycles. The van der Waals surface area contributed by atoms with Crippen molar-refractivity contribution in [3.8, 4) is 0 Å². The van der Waals surface area contributed by atoms with Crippen molar-refractivity contribution in [2.45, 2.75) is 33.1 Å². The van der Waals surface area contributed by atoms with Crippen LogP contribution in [0.25, 0.3) is 0 Å². The fraction of sp³-hybridized carbons (Fsp3) is 0.429. The van der Waals surface area contributed by atoms with E-state index in [1.807, 2.05) is 5.38 Å². The minimum Gasteiger partial charge on any atom is -0.375 e. The lowest BCUT2D eigenvalue weighted by atomic mass is 10.1. The lowest BCUT2D eigenvalue weighted by Crippen LogP contribution is -2.30. The van der Waals surface area contributed by atoms with Crippen LogP contribution in [0.3, 0.4) is 0 Å². The van der Waals surface area contributed by atoms with E-state index < -0.39 is 0 Å². The summed E-state index contributed by atoms with van der Waals surface area (Å²) in [6.45, 7) is 3.98. The van der Waals surface area contributed by atoms with Gasteiger partial charge in [-0.15, -0.1) is 11.3 Å². The Balaban J connectivity index is 1.80. The lowest BCUT2D eigenvalue weighted by Gasteiger charge is -2.06. The number of thiazole rings is 1. The van der Waals surface area contributed by atoms with Gasteiger partial charge in [0.25, 0.3) is 5.56 Å². The number of aryl methyl sites for hydroxylation is 3. The van der Waals surface area contributed by atoms with Gasteiger partial charge < -0.3 is 16.0 Å². The summed E-state index contributed by atoms with van der Waals surface area (Å²) in [5, 5.41) is 5.27. The highest BCUT2D eigenvalue weighted by atomic mass is 32.1. The zero-order valence-corrected chi connectivity index (χ0v) is 13.4. The van der Waals surface area contributed by atoms with E-state index in [0.29, 0.717) is 28.8 Å². The largest absolute Gasteiger partial charge is 0.375 e. The molecule has 0 aliphatic rings. The van der Waals surface area contributed by atoms with Crippen molar-refractivity contribution in [2.75, 3.05) is 12.3 Å². The first-order chi connectivity index (χ1) is 10.5. The summed E-state index contributed by atoms with van der Waals surface area (Å²) < 4.78 is 0. The Bertz CT molecular complexity index is 722. The van der Waals surface area contributed by atoms with Gasteiger partial charge in [-0.1, -0.05) is 0 Å². The summed E-state index contributed by atoms with van der Waals surface area (Å²) in [6, 6.07) is 0. The first kappa shape index (κ1) is 16.2. The quantitative estimate of drug-likeness (QED) is 0.678. The molecular weight excluding hydrogens is 302 g/mol. The molecule has 0 unspecified atom stereocenters. The summed E-state index contributed by atoms with van der Waals surface area (Å²) in [7, 11) is 0. The third-order valence-electron chi connectivity index (χ3n) is 3.18. The van der Waals surface area contributed by atoms with Crippen LogP contribution >= 0.6 is 11.3 Å². The number of H-pyrrole nitrogens is 1. The predicted molar refractivity (Wildman–Crippen MR) is 85.9 cm³/mol. The number of rotatable bonds is 6. The van der Waals surface area contributed by atoms with Crippen molar-refractivity contribution in [2.24, 2.45) is 0 Å². The molecule has 2 aromatic rings. The molecule has 0 aliphatic carbocycles. The maximum Gasteiger partial charge on any atom is 0.254 e. The first-order valence-corrected chi connectivity index (χ1v) is 7.86. The minimum absolute atomic E-state index is 0.0398. The molecule has 7 nitrogen and oxygen atoms in total. The Labute approximate surface area is 132 Å². The Hall–Kier alpha value is -2.22. The normalized spacial score (nSPS) is 10.6. The topological polar surface area (TPSA) is 114 Å². The number of aromatic amines is 1. The Morgan fingerprint density at radius 1 is 1.41 bits per heavy atom. The van der Waals surface area contributed by atoms with Crippen LogP contribution in [0.4, 0.5) is 5.13 Å². The first-order valence-electron chi connectivity index (χ1n) is 6.98. The highest BCUT2D eigenvalue weighted by molar-refractivity contribution is 7.13. The molecule has 0 fully saturated rings. The number of carbonyl (C=O) groups is 1. The van der Waals surface area contributed by atoms with Crippen LogP contribution in [0.15, 0.2) is 10.2 Å². The molecule has 0 atom stereocenters. The van der Waals surface area contributed by atoms with Gasteiger partial charge in [0.2, 0.25) is 5.91 Å². The molecule has 118 valence electrons. The number of carbonyl (C=O) groups excluding carboxylic acids is 1. The van der Waals surface area contributed by atoms with Crippen molar-refractivity contribution in [3.05, 3.63) is 38.5 Å². The molecule has 0 aliphatic heterocycles. The van der Waals surface area contributed by atoms with E-state index in [2.05, 4.69) is 20.3 Å². The van der Waals surface area contributed by atoms with E-state index in [4.69, 9.17) is 5.73 Å². The fourth-order valence-corrected chi connectivity index (χ4v) is 2.71. The second-order valence-electron chi connectivity index (χ2n) is 5.02. The number of nitrogens with one attached hydrogen (secondary N) is 2. The summed E-state index contributed by atoms with van der Waals surface area (Å²) >= 11 is 1.41. The minimum atomic E-state index is -0.252. The number of anilines is 1. The average molecular weight is 321 g/mol. The van der Waals surface area contributed by atoms with Crippen molar-refractivity contribution in [1.82, 2.24) is 20.3 Å². The van der Waals surface area contributed by atoms with Gasteiger partial charge in [-0.25, -0.2) is 9.97 Å². The Kier molecular flexibility index (Phi) is 5.26. The standard InChI is InChI=1S/C14H19N5O2S/c1-8-11(13(21)18-9(2)17-8)6-12(20)16-5-3-4-10-7-22-14(15)19-10/h7H,3-6H2,1-2H3,(H2,15,19)(H,16,20)(H,17,18,21). The molecular formula is C14H19N5O2S. The maximum atomic E-state index is 11.9. The van der Waals surface area contributed by atoms with E-state index in [1.54, 1.807) is 13.8 Å². The van der Waals surface area contributed by atoms with Crippen LogP contribution in [0.2, 0.25) is 0 Å². The van der Waals surface area contributed by atoms with Crippen molar-refractivity contribution < 1.29 is 4.79 Å². The molecule has 0 radical (unpaired) electrons. The molecule has 4 N–H and O–H groups in total. The second kappa shape index (κ2) is 7.17. The van der Waals surface area contributed by atoms with Gasteiger partial charge in [-0.2, -0.15) is 0 Å². The van der Waals surface area contributed by atoms with Crippen molar-refractivity contribution >= 4 is 22.4 Å². The SMILES string of the molecule is Cc1nc(C)c(CC(=O)NCCCc2csc(N)n2)c(=O)[nH]1. The molecule has 8 heteroatoms. The van der Waals surface area contributed by atoms with E-state index in [0.717, 1.165) is 18.5 Å². The highest BCUT2D eigenvalue weighted by Crippen LogP contribution is 2.12. The van der Waals surface area contributed by atoms with Gasteiger partial charge in [0.15, 0.2) is 5.13 Å². The zero-order chi connectivity index (χ0) is 16.1. The molecule has 1 amide bonds. The number of hydrogen-bond donors (Lipinski definition) is 3. The molecule has 0 spiro atoms. The molecule has 0 aromatic carbocycles. The van der Waals surface area contributed by atoms with Crippen LogP contribution in [-0.4, -0.2) is 27.4 Å². The number of nitrogens with two attached hydrogens (primary N) is 1. The van der Waals surface area contributed by atoms with Gasteiger partial charge in [0, 0.05) is 23.2 Å². The van der Waals surface area contributed by atoms with Crippen molar-refractivity contribution in [3.63, 3.8) is 0 Å². The Morgan fingerprint density at radius 3 is 2.82 bits per heavy atom. The summed E-state index contributed by atoms with van der Waals surface area (Å²) in [4.78, 5) is 34.6. The zero-order valence-electron chi connectivity index (χ0n) is 12.6. The third kappa shape index (κ3) is 4.39. The van der Waals surface area contributed by atoms with Gasteiger partial charge in [0.05, 0.1) is 12.1 Å². The smallest absolute Gasteiger partial charge is 0.254 e. The van der Waals surface area contributed by atoms with Gasteiger partial charge in [-0.05, 0) is 26.7 Å². The van der Waals surface area contributed by atoms with Gasteiger partial charge in [0.1, 0.15) is 5.82 Å². The van der Waals surface area contributed by atoms with Crippen LogP contribution in [0, 0.1) is 13.8 Å². The van der Waals surface area contributed by atoms with E-state index >= 15 is 0 Å². The number of hydrogen-bond acceptors (Lipinski definition) is 6. The highest BCUT2D eigenvalue weighted by Gasteiger charge is 2.11. The average Bonchev–Trinajstić information content (AvgIpc) is 2.84. The lowest BCUT2D eigenvalue weighted by molar-refractivity contribution is -0.120. The molecule has 0 bridgehead atoms. The van der Waals surface area contributed by atoms with Crippen LogP contribution < -0.4 is 16.6 Å². The summed E-state index contributed by atoms with van der Waals surface area (Å²) in [6.07, 6.45) is 1.58. The van der Waals surface area contributed by atoms with Crippen LogP contribution in [0.1, 0.15) is 29.2 Å². The molecule has 0 saturated heterocycles. The monoisotopic (exact) mass is 321 g/mol. The van der Waals surface area contributed by atoms with Crippen molar-refractivity contribution in [1.29, 1.82) is 0 Å². The van der Waals surface area contributed by atoms with Crippen LogP contribution in [-0.2, 0) is 17.6 Å².